The summed E-state index contributed by atoms with van der Waals surface area (Å²) in [5.74, 6) is -0.0801. The molecule has 3 aromatic carbocycles. The number of benzene rings is 3. The van der Waals surface area contributed by atoms with E-state index in [4.69, 9.17) is 0 Å². The zero-order valence-corrected chi connectivity index (χ0v) is 13.4. The maximum absolute atomic E-state index is 11.1. The lowest BCUT2D eigenvalue weighted by Crippen LogP contribution is -2.05. The number of carbonyl (C=O) groups is 1. The lowest BCUT2D eigenvalue weighted by molar-refractivity contribution is -0.114. The van der Waals surface area contributed by atoms with Crippen molar-refractivity contribution in [3.63, 3.8) is 0 Å². The average Bonchev–Trinajstić information content (AvgIpc) is 2.57. The highest BCUT2D eigenvalue weighted by atomic mass is 16.1. The van der Waals surface area contributed by atoms with Gasteiger partial charge < -0.3 is 16.0 Å². The van der Waals surface area contributed by atoms with Crippen LogP contribution in [0.4, 0.5) is 28.4 Å². The predicted octanol–water partition coefficient (Wildman–Crippen LogP) is 5.13. The Morgan fingerprint density at radius 3 is 1.75 bits per heavy atom. The van der Waals surface area contributed by atoms with Crippen LogP contribution in [0.1, 0.15) is 6.92 Å². The number of hydrogen-bond donors (Lipinski definition) is 3. The summed E-state index contributed by atoms with van der Waals surface area (Å²) in [6, 6.07) is 25.7. The van der Waals surface area contributed by atoms with Crippen molar-refractivity contribution in [3.8, 4) is 0 Å². The van der Waals surface area contributed by atoms with Gasteiger partial charge >= 0.3 is 0 Å². The molecule has 0 atom stereocenters. The SMILES string of the molecule is CC(=O)Nc1cccc(Nc2ccc(Nc3ccccc3)cc2)c1. The first-order chi connectivity index (χ1) is 11.7. The van der Waals surface area contributed by atoms with Crippen molar-refractivity contribution in [3.05, 3.63) is 78.9 Å². The fourth-order valence-corrected chi connectivity index (χ4v) is 2.37. The standard InChI is InChI=1S/C20H19N3O/c1-15(24)21-19-8-5-9-20(14-19)23-18-12-10-17(11-13-18)22-16-6-3-2-4-7-16/h2-14,22-23H,1H3,(H,21,24). The number of hydrogen-bond acceptors (Lipinski definition) is 3. The van der Waals surface area contributed by atoms with Crippen molar-refractivity contribution >= 4 is 34.3 Å². The molecule has 4 heteroatoms. The third-order valence-corrected chi connectivity index (χ3v) is 3.42. The van der Waals surface area contributed by atoms with Gasteiger partial charge in [-0.05, 0) is 54.6 Å². The van der Waals surface area contributed by atoms with Crippen molar-refractivity contribution in [2.45, 2.75) is 6.92 Å². The molecule has 3 N–H and O–H groups in total. The average molecular weight is 317 g/mol. The molecule has 0 aliphatic carbocycles. The van der Waals surface area contributed by atoms with Crippen LogP contribution in [-0.4, -0.2) is 5.91 Å². The number of carbonyl (C=O) groups excluding carboxylic acids is 1. The number of anilines is 5. The van der Waals surface area contributed by atoms with Crippen molar-refractivity contribution in [1.29, 1.82) is 0 Å². The second kappa shape index (κ2) is 7.33. The van der Waals surface area contributed by atoms with E-state index < -0.39 is 0 Å². The Morgan fingerprint density at radius 2 is 1.12 bits per heavy atom. The lowest BCUT2D eigenvalue weighted by atomic mass is 10.2. The second-order valence-electron chi connectivity index (χ2n) is 5.46. The third-order valence-electron chi connectivity index (χ3n) is 3.42. The maximum Gasteiger partial charge on any atom is 0.221 e. The number of amides is 1. The first-order valence-electron chi connectivity index (χ1n) is 7.76. The maximum atomic E-state index is 11.1. The second-order valence-corrected chi connectivity index (χ2v) is 5.46. The summed E-state index contributed by atoms with van der Waals surface area (Å²) in [6.07, 6.45) is 0. The van der Waals surface area contributed by atoms with Gasteiger partial charge in [0.1, 0.15) is 0 Å². The minimum atomic E-state index is -0.0801. The van der Waals surface area contributed by atoms with Gasteiger partial charge in [0.2, 0.25) is 5.91 Å². The van der Waals surface area contributed by atoms with Crippen LogP contribution in [0.3, 0.4) is 0 Å². The summed E-state index contributed by atoms with van der Waals surface area (Å²) in [6.45, 7) is 1.50. The fraction of sp³-hybridized carbons (Fsp3) is 0.0500. The quantitative estimate of drug-likeness (QED) is 0.611. The Kier molecular flexibility index (Phi) is 4.77. The van der Waals surface area contributed by atoms with E-state index in [-0.39, 0.29) is 5.91 Å². The van der Waals surface area contributed by atoms with Gasteiger partial charge in [-0.2, -0.15) is 0 Å². The summed E-state index contributed by atoms with van der Waals surface area (Å²) in [4.78, 5) is 11.1. The van der Waals surface area contributed by atoms with Gasteiger partial charge in [0.25, 0.3) is 0 Å². The highest BCUT2D eigenvalue weighted by Crippen LogP contribution is 2.23. The molecule has 3 aromatic rings. The minimum absolute atomic E-state index is 0.0801. The Labute approximate surface area is 141 Å². The summed E-state index contributed by atoms with van der Waals surface area (Å²) in [5.41, 5.74) is 4.76. The Bertz CT molecular complexity index is 814. The summed E-state index contributed by atoms with van der Waals surface area (Å²) < 4.78 is 0. The minimum Gasteiger partial charge on any atom is -0.356 e. The van der Waals surface area contributed by atoms with Crippen molar-refractivity contribution < 1.29 is 4.79 Å². The highest BCUT2D eigenvalue weighted by molar-refractivity contribution is 5.89. The van der Waals surface area contributed by atoms with Crippen LogP contribution in [-0.2, 0) is 4.79 Å². The highest BCUT2D eigenvalue weighted by Gasteiger charge is 2.00. The number of nitrogens with one attached hydrogen (secondary N) is 3. The molecule has 0 aromatic heterocycles. The molecule has 0 aliphatic heterocycles. The Hall–Kier alpha value is -3.27. The zero-order chi connectivity index (χ0) is 16.8. The summed E-state index contributed by atoms with van der Waals surface area (Å²) in [7, 11) is 0. The topological polar surface area (TPSA) is 53.2 Å². The van der Waals surface area contributed by atoms with Gasteiger partial charge in [-0.15, -0.1) is 0 Å². The van der Waals surface area contributed by atoms with E-state index >= 15 is 0 Å². The molecule has 120 valence electrons. The van der Waals surface area contributed by atoms with Crippen LogP contribution in [0.15, 0.2) is 78.9 Å². The molecule has 0 unspecified atom stereocenters. The van der Waals surface area contributed by atoms with Gasteiger partial charge in [0.15, 0.2) is 0 Å². The van der Waals surface area contributed by atoms with Gasteiger partial charge in [-0.25, -0.2) is 0 Å². The first kappa shape index (κ1) is 15.6. The molecular weight excluding hydrogens is 298 g/mol. The van der Waals surface area contributed by atoms with Crippen LogP contribution in [0, 0.1) is 0 Å². The molecule has 0 saturated heterocycles. The van der Waals surface area contributed by atoms with Gasteiger partial charge in [0, 0.05) is 35.4 Å². The molecule has 0 fully saturated rings. The first-order valence-corrected chi connectivity index (χ1v) is 7.76. The molecule has 24 heavy (non-hydrogen) atoms. The third kappa shape index (κ3) is 4.36. The molecule has 0 radical (unpaired) electrons. The van der Waals surface area contributed by atoms with Crippen molar-refractivity contribution in [1.82, 2.24) is 0 Å². The molecule has 0 spiro atoms. The molecular formula is C20H19N3O. The number of rotatable bonds is 5. The monoisotopic (exact) mass is 317 g/mol. The normalized spacial score (nSPS) is 10.0. The predicted molar refractivity (Wildman–Crippen MR) is 100 cm³/mol. The van der Waals surface area contributed by atoms with Crippen LogP contribution >= 0.6 is 0 Å². The summed E-state index contributed by atoms with van der Waals surface area (Å²) in [5, 5.41) is 9.46. The molecule has 0 aliphatic rings. The molecule has 4 nitrogen and oxygen atoms in total. The molecule has 3 rings (SSSR count). The van der Waals surface area contributed by atoms with E-state index in [0.29, 0.717) is 0 Å². The van der Waals surface area contributed by atoms with Crippen LogP contribution in [0.25, 0.3) is 0 Å². The van der Waals surface area contributed by atoms with E-state index in [1.807, 2.05) is 78.9 Å². The summed E-state index contributed by atoms with van der Waals surface area (Å²) >= 11 is 0. The van der Waals surface area contributed by atoms with Gasteiger partial charge in [-0.3, -0.25) is 4.79 Å². The molecule has 0 bridgehead atoms. The molecule has 1 amide bonds. The van der Waals surface area contributed by atoms with E-state index in [1.165, 1.54) is 6.92 Å². The van der Waals surface area contributed by atoms with E-state index in [0.717, 1.165) is 28.4 Å². The van der Waals surface area contributed by atoms with E-state index in [1.54, 1.807) is 0 Å². The van der Waals surface area contributed by atoms with E-state index in [9.17, 15) is 4.79 Å². The fourth-order valence-electron chi connectivity index (χ4n) is 2.37. The van der Waals surface area contributed by atoms with Crippen molar-refractivity contribution in [2.75, 3.05) is 16.0 Å². The van der Waals surface area contributed by atoms with Crippen molar-refractivity contribution in [2.24, 2.45) is 0 Å². The van der Waals surface area contributed by atoms with Crippen LogP contribution in [0.2, 0.25) is 0 Å². The molecule has 0 heterocycles. The van der Waals surface area contributed by atoms with Crippen LogP contribution < -0.4 is 16.0 Å². The molecule has 0 saturated carbocycles. The smallest absolute Gasteiger partial charge is 0.221 e. The zero-order valence-electron chi connectivity index (χ0n) is 13.4. The van der Waals surface area contributed by atoms with E-state index in [2.05, 4.69) is 16.0 Å². The van der Waals surface area contributed by atoms with Crippen LogP contribution in [0.5, 0.6) is 0 Å². The Morgan fingerprint density at radius 1 is 0.625 bits per heavy atom. The Balaban J connectivity index is 1.67. The van der Waals surface area contributed by atoms with Gasteiger partial charge in [-0.1, -0.05) is 24.3 Å². The number of para-hydroxylation sites is 1. The van der Waals surface area contributed by atoms with Gasteiger partial charge in [0.05, 0.1) is 0 Å². The largest absolute Gasteiger partial charge is 0.356 e. The lowest BCUT2D eigenvalue weighted by Gasteiger charge is -2.10.